The van der Waals surface area contributed by atoms with Crippen LogP contribution in [0, 0.1) is 0 Å². The topological polar surface area (TPSA) is 126 Å². The van der Waals surface area contributed by atoms with Crippen molar-refractivity contribution in [1.29, 1.82) is 0 Å². The van der Waals surface area contributed by atoms with E-state index in [9.17, 15) is 13.2 Å². The third-order valence-electron chi connectivity index (χ3n) is 7.88. The Morgan fingerprint density at radius 1 is 1.02 bits per heavy atom. The predicted octanol–water partition coefficient (Wildman–Crippen LogP) is 4.86. The summed E-state index contributed by atoms with van der Waals surface area (Å²) in [6.45, 7) is 6.12. The number of hydrogen-bond donors (Lipinski definition) is 4. The molecule has 3 aromatic rings. The molecule has 2 aliphatic heterocycles. The number of hydrogen-bond acceptors (Lipinski definition) is 9. The number of rotatable bonds is 7. The molecular formula is C28H36F3N7O3S2. The van der Waals surface area contributed by atoms with Gasteiger partial charge in [-0.05, 0) is 50.5 Å². The van der Waals surface area contributed by atoms with Crippen LogP contribution in [0.1, 0.15) is 43.6 Å². The molecule has 0 spiro atoms. The third kappa shape index (κ3) is 7.75. The molecule has 4 heterocycles. The molecule has 1 unspecified atom stereocenters. The van der Waals surface area contributed by atoms with Crippen molar-refractivity contribution in [3.8, 4) is 0 Å². The maximum absolute atomic E-state index is 10.7. The number of para-hydroxylation sites is 1. The van der Waals surface area contributed by atoms with E-state index >= 15 is 0 Å². The molecule has 2 aromatic heterocycles. The van der Waals surface area contributed by atoms with Crippen LogP contribution in [0.25, 0.3) is 0 Å². The van der Waals surface area contributed by atoms with E-state index in [1.165, 1.54) is 41.2 Å². The summed E-state index contributed by atoms with van der Waals surface area (Å²) in [5.41, 5.74) is -1.78. The summed E-state index contributed by atoms with van der Waals surface area (Å²) >= 11 is 1.90. The van der Waals surface area contributed by atoms with E-state index < -0.39 is 15.6 Å². The Balaban J connectivity index is 0.000000407. The summed E-state index contributed by atoms with van der Waals surface area (Å²) < 4.78 is 57.5. The Labute approximate surface area is 253 Å². The number of halogens is 3. The fraction of sp³-hybridized carbons (Fsp3) is 0.500. The van der Waals surface area contributed by atoms with Gasteiger partial charge < -0.3 is 25.4 Å². The first-order valence-electron chi connectivity index (χ1n) is 14.3. The maximum Gasteiger partial charge on any atom is 0.522 e. The van der Waals surface area contributed by atoms with E-state index in [-0.39, 0.29) is 0 Å². The first-order valence-corrected chi connectivity index (χ1v) is 16.7. The second-order valence-electron chi connectivity index (χ2n) is 10.8. The number of fused-ring (bicyclic) bond motifs is 1. The average Bonchev–Trinajstić information content (AvgIpc) is 3.76. The number of aromatic amines is 1. The Hall–Kier alpha value is -3.01. The van der Waals surface area contributed by atoms with Crippen LogP contribution in [-0.2, 0) is 16.5 Å². The molecule has 4 N–H and O–H groups in total. The number of aryl methyl sites for hydroxylation is 1. The molecule has 3 aliphatic rings. The molecular weight excluding hydrogens is 603 g/mol. The lowest BCUT2D eigenvalue weighted by molar-refractivity contribution is -0.0510. The van der Waals surface area contributed by atoms with E-state index in [1.54, 1.807) is 0 Å². The summed E-state index contributed by atoms with van der Waals surface area (Å²) in [7, 11) is -5.84. The van der Waals surface area contributed by atoms with Gasteiger partial charge in [-0.25, -0.2) is 4.98 Å². The number of piperazine rings is 1. The molecule has 1 aromatic carbocycles. The van der Waals surface area contributed by atoms with Crippen LogP contribution >= 0.6 is 11.8 Å². The van der Waals surface area contributed by atoms with E-state index in [1.807, 2.05) is 18.0 Å². The third-order valence-corrected chi connectivity index (χ3v) is 9.59. The van der Waals surface area contributed by atoms with E-state index in [2.05, 4.69) is 74.8 Å². The van der Waals surface area contributed by atoms with Crippen molar-refractivity contribution in [1.82, 2.24) is 20.3 Å². The van der Waals surface area contributed by atoms with Gasteiger partial charge in [0.15, 0.2) is 0 Å². The Morgan fingerprint density at radius 3 is 2.35 bits per heavy atom. The van der Waals surface area contributed by atoms with Crippen LogP contribution in [0.2, 0.25) is 0 Å². The van der Waals surface area contributed by atoms with E-state index in [0.717, 1.165) is 50.1 Å². The lowest BCUT2D eigenvalue weighted by Crippen LogP contribution is -2.47. The van der Waals surface area contributed by atoms with Crippen LogP contribution < -0.4 is 20.4 Å². The first kappa shape index (κ1) is 31.4. The van der Waals surface area contributed by atoms with Gasteiger partial charge in [0, 0.05) is 74.1 Å². The molecule has 0 amide bonds. The molecule has 234 valence electrons. The minimum absolute atomic E-state index is 0.305. The molecule has 6 rings (SSSR count). The van der Waals surface area contributed by atoms with Gasteiger partial charge in [0.1, 0.15) is 5.82 Å². The van der Waals surface area contributed by atoms with Gasteiger partial charge in [0.2, 0.25) is 5.95 Å². The van der Waals surface area contributed by atoms with E-state index in [0.29, 0.717) is 18.1 Å². The largest absolute Gasteiger partial charge is 0.522 e. The molecule has 1 aliphatic carbocycles. The van der Waals surface area contributed by atoms with Gasteiger partial charge in [0.25, 0.3) is 0 Å². The fourth-order valence-corrected chi connectivity index (χ4v) is 6.69. The van der Waals surface area contributed by atoms with Gasteiger partial charge in [-0.2, -0.15) is 26.6 Å². The van der Waals surface area contributed by atoms with Crippen molar-refractivity contribution in [3.63, 3.8) is 0 Å². The smallest absolute Gasteiger partial charge is 0.368 e. The average molecular weight is 640 g/mol. The van der Waals surface area contributed by atoms with Crippen LogP contribution in [0.5, 0.6) is 0 Å². The van der Waals surface area contributed by atoms with Crippen LogP contribution in [-0.4, -0.2) is 77.4 Å². The molecule has 1 saturated carbocycles. The van der Waals surface area contributed by atoms with Gasteiger partial charge in [-0.15, -0.1) is 11.8 Å². The van der Waals surface area contributed by atoms with Crippen LogP contribution in [0.3, 0.4) is 0 Å². The highest BCUT2D eigenvalue weighted by Crippen LogP contribution is 2.38. The Morgan fingerprint density at radius 2 is 1.70 bits per heavy atom. The number of nitrogens with zero attached hydrogens (tertiary/aromatic N) is 4. The lowest BCUT2D eigenvalue weighted by atomic mass is 10.1. The number of alkyl halides is 3. The highest BCUT2D eigenvalue weighted by atomic mass is 32.2. The highest BCUT2D eigenvalue weighted by Gasteiger charge is 2.44. The van der Waals surface area contributed by atoms with Crippen molar-refractivity contribution >= 4 is 39.3 Å². The number of H-pyrrole nitrogens is 1. The lowest BCUT2D eigenvalue weighted by Gasteiger charge is -2.36. The van der Waals surface area contributed by atoms with E-state index in [4.69, 9.17) is 22.9 Å². The minimum atomic E-state index is -5.84. The van der Waals surface area contributed by atoms with Crippen molar-refractivity contribution in [3.05, 3.63) is 60.0 Å². The summed E-state index contributed by atoms with van der Waals surface area (Å²) in [6, 6.07) is 16.1. The van der Waals surface area contributed by atoms with Gasteiger partial charge in [0.05, 0.1) is 10.6 Å². The van der Waals surface area contributed by atoms with Crippen LogP contribution in [0.4, 0.5) is 30.6 Å². The van der Waals surface area contributed by atoms with Crippen molar-refractivity contribution in [2.45, 2.75) is 61.1 Å². The maximum atomic E-state index is 10.7. The Bertz CT molecular complexity index is 1450. The van der Waals surface area contributed by atoms with Gasteiger partial charge in [-0.1, -0.05) is 18.2 Å². The SMILES string of the molecule is CC(N[C@H]1CCC[C@@H]1Nc1nc(N2CCN(c3ccccc3)CC2)nc2c1SCC2)c1ccc[nH]1.O=S(=O)(O)C(F)(F)F. The number of benzene rings is 1. The zero-order valence-electron chi connectivity index (χ0n) is 23.7. The summed E-state index contributed by atoms with van der Waals surface area (Å²) in [5.74, 6) is 3.04. The second-order valence-corrected chi connectivity index (χ2v) is 13.3. The summed E-state index contributed by atoms with van der Waals surface area (Å²) in [5, 5.41) is 7.73. The molecule has 0 bridgehead atoms. The molecule has 0 radical (unpaired) electrons. The highest BCUT2D eigenvalue weighted by molar-refractivity contribution is 7.99. The molecule has 15 heteroatoms. The zero-order chi connectivity index (χ0) is 30.6. The monoisotopic (exact) mass is 639 g/mol. The summed E-state index contributed by atoms with van der Waals surface area (Å²) in [6.07, 6.45) is 6.63. The first-order chi connectivity index (χ1) is 20.5. The molecule has 1 saturated heterocycles. The molecule has 2 fully saturated rings. The Kier molecular flexibility index (Phi) is 9.73. The normalized spacial score (nSPS) is 21.2. The molecule has 10 nitrogen and oxygen atoms in total. The van der Waals surface area contributed by atoms with Crippen LogP contribution in [0.15, 0.2) is 53.6 Å². The number of nitrogens with one attached hydrogen (secondary N) is 3. The minimum Gasteiger partial charge on any atom is -0.368 e. The predicted molar refractivity (Wildman–Crippen MR) is 162 cm³/mol. The molecule has 43 heavy (non-hydrogen) atoms. The van der Waals surface area contributed by atoms with Gasteiger partial charge in [-0.3, -0.25) is 4.55 Å². The summed E-state index contributed by atoms with van der Waals surface area (Å²) in [4.78, 5) is 19.6. The number of aromatic nitrogens is 3. The number of thioether (sulfide) groups is 1. The quantitative estimate of drug-likeness (QED) is 0.210. The second kappa shape index (κ2) is 13.3. The van der Waals surface area contributed by atoms with Crippen molar-refractivity contribution < 1.29 is 26.1 Å². The molecule has 3 atom stereocenters. The zero-order valence-corrected chi connectivity index (χ0v) is 25.4. The van der Waals surface area contributed by atoms with Crippen molar-refractivity contribution in [2.24, 2.45) is 0 Å². The van der Waals surface area contributed by atoms with Gasteiger partial charge >= 0.3 is 15.6 Å². The fourth-order valence-electron chi connectivity index (χ4n) is 5.63. The number of anilines is 3. The van der Waals surface area contributed by atoms with Crippen molar-refractivity contribution in [2.75, 3.05) is 47.0 Å². The standard InChI is InChI=1S/C27H35N7S.CHF3O3S/c1-19(21-11-6-13-28-21)29-22-9-5-10-23(22)30-26-25-24(12-18-35-25)31-27(32-26)34-16-14-33(15-17-34)20-7-3-2-4-8-20;2-1(3,4)8(5,6)7/h2-4,6-8,11,13,19,22-23,28-29H,5,9-10,12,14-18H2,1H3,(H,30,31,32);(H,5,6,7)/t19?,22-,23-;/m0./s1.